The second-order valence-electron chi connectivity index (χ2n) is 10.7. The molecule has 5 rings (SSSR count). The van der Waals surface area contributed by atoms with E-state index in [0.29, 0.717) is 29.6 Å². The third-order valence-electron chi connectivity index (χ3n) is 6.62. The maximum atomic E-state index is 13.5. The second kappa shape index (κ2) is 11.1. The first-order valence-corrected chi connectivity index (χ1v) is 13.8. The van der Waals surface area contributed by atoms with Crippen LogP contribution in [-0.4, -0.2) is 28.4 Å². The molecule has 0 atom stereocenters. The first-order valence-electron chi connectivity index (χ1n) is 13.0. The van der Waals surface area contributed by atoms with Crippen molar-refractivity contribution >= 4 is 50.3 Å². The molecule has 4 aromatic rings. The second-order valence-corrected chi connectivity index (χ2v) is 11.6. The monoisotopic (exact) mass is 599 g/mol. The van der Waals surface area contributed by atoms with Crippen LogP contribution < -0.4 is 10.6 Å². The molecular formula is C32H30BrN3O4. The van der Waals surface area contributed by atoms with Crippen molar-refractivity contribution in [3.63, 3.8) is 0 Å². The van der Waals surface area contributed by atoms with Gasteiger partial charge in [-0.1, -0.05) is 70.5 Å². The van der Waals surface area contributed by atoms with Gasteiger partial charge in [-0.3, -0.25) is 14.5 Å². The van der Waals surface area contributed by atoms with Gasteiger partial charge in [0.1, 0.15) is 5.60 Å². The molecule has 0 spiro atoms. The van der Waals surface area contributed by atoms with Gasteiger partial charge in [-0.25, -0.2) is 4.79 Å². The fraction of sp³-hybridized carbons (Fsp3) is 0.219. The molecule has 7 nitrogen and oxygen atoms in total. The van der Waals surface area contributed by atoms with Crippen molar-refractivity contribution in [3.05, 3.63) is 111 Å². The Hall–Kier alpha value is -4.17. The number of benzene rings is 4. The summed E-state index contributed by atoms with van der Waals surface area (Å²) in [5, 5.41) is 7.71. The van der Waals surface area contributed by atoms with E-state index in [9.17, 15) is 14.4 Å². The van der Waals surface area contributed by atoms with E-state index in [4.69, 9.17) is 4.74 Å². The van der Waals surface area contributed by atoms with Crippen molar-refractivity contribution in [2.45, 2.75) is 46.0 Å². The summed E-state index contributed by atoms with van der Waals surface area (Å²) in [7, 11) is 0. The Morgan fingerprint density at radius 1 is 0.825 bits per heavy atom. The Balaban J connectivity index is 1.32. The molecule has 0 unspecified atom stereocenters. The SMILES string of the molecule is CC(C)(C)OC(=O)NCc1ccc(CN2C(=O)c3cccc4c(NCc5ccccc5Br)ccc(c34)C2=O)cc1. The number of nitrogens with one attached hydrogen (secondary N) is 2. The van der Waals surface area contributed by atoms with Crippen molar-refractivity contribution in [2.24, 2.45) is 0 Å². The molecule has 1 aliphatic heterocycles. The summed E-state index contributed by atoms with van der Waals surface area (Å²) in [5.41, 5.74) is 4.11. The highest BCUT2D eigenvalue weighted by Crippen LogP contribution is 2.35. The van der Waals surface area contributed by atoms with Crippen LogP contribution in [0, 0.1) is 0 Å². The number of amides is 3. The van der Waals surface area contributed by atoms with Gasteiger partial charge in [0.05, 0.1) is 6.54 Å². The number of nitrogens with zero attached hydrogens (tertiary/aromatic N) is 1. The fourth-order valence-electron chi connectivity index (χ4n) is 4.71. The molecule has 0 fully saturated rings. The fourth-order valence-corrected chi connectivity index (χ4v) is 5.13. The number of hydrogen-bond acceptors (Lipinski definition) is 5. The normalized spacial score (nSPS) is 12.9. The summed E-state index contributed by atoms with van der Waals surface area (Å²) < 4.78 is 6.28. The highest BCUT2D eigenvalue weighted by Gasteiger charge is 2.33. The smallest absolute Gasteiger partial charge is 0.407 e. The van der Waals surface area contributed by atoms with E-state index >= 15 is 0 Å². The van der Waals surface area contributed by atoms with Crippen molar-refractivity contribution in [1.82, 2.24) is 10.2 Å². The molecule has 0 bridgehead atoms. The molecule has 1 heterocycles. The minimum Gasteiger partial charge on any atom is -0.444 e. The first-order chi connectivity index (χ1) is 19.1. The molecule has 40 heavy (non-hydrogen) atoms. The highest BCUT2D eigenvalue weighted by molar-refractivity contribution is 9.10. The molecule has 3 amide bonds. The van der Waals surface area contributed by atoms with Crippen LogP contribution in [0.5, 0.6) is 0 Å². The van der Waals surface area contributed by atoms with Crippen molar-refractivity contribution in [2.75, 3.05) is 5.32 Å². The average Bonchev–Trinajstić information content (AvgIpc) is 2.92. The van der Waals surface area contributed by atoms with E-state index in [1.165, 1.54) is 4.90 Å². The van der Waals surface area contributed by atoms with E-state index < -0.39 is 11.7 Å². The van der Waals surface area contributed by atoms with Crippen LogP contribution in [0.2, 0.25) is 0 Å². The van der Waals surface area contributed by atoms with Crippen LogP contribution in [0.3, 0.4) is 0 Å². The van der Waals surface area contributed by atoms with Crippen LogP contribution >= 0.6 is 15.9 Å². The molecule has 2 N–H and O–H groups in total. The van der Waals surface area contributed by atoms with E-state index in [1.807, 2.05) is 87.5 Å². The third-order valence-corrected chi connectivity index (χ3v) is 7.39. The van der Waals surface area contributed by atoms with Gasteiger partial charge in [0, 0.05) is 45.1 Å². The molecule has 1 aliphatic rings. The maximum Gasteiger partial charge on any atom is 0.407 e. The summed E-state index contributed by atoms with van der Waals surface area (Å²) in [6.45, 7) is 6.48. The van der Waals surface area contributed by atoms with Gasteiger partial charge in [-0.2, -0.15) is 0 Å². The lowest BCUT2D eigenvalue weighted by molar-refractivity contribution is 0.0521. The Morgan fingerprint density at radius 3 is 2.20 bits per heavy atom. The number of halogens is 1. The van der Waals surface area contributed by atoms with E-state index in [-0.39, 0.29) is 18.4 Å². The summed E-state index contributed by atoms with van der Waals surface area (Å²) >= 11 is 3.58. The number of carbonyl (C=O) groups excluding carboxylic acids is 3. The number of carbonyl (C=O) groups is 3. The lowest BCUT2D eigenvalue weighted by atomic mass is 9.92. The predicted molar refractivity (Wildman–Crippen MR) is 159 cm³/mol. The van der Waals surface area contributed by atoms with Gasteiger partial charge in [0.25, 0.3) is 11.8 Å². The van der Waals surface area contributed by atoms with Crippen molar-refractivity contribution < 1.29 is 19.1 Å². The lowest BCUT2D eigenvalue weighted by Crippen LogP contribution is -2.39. The van der Waals surface area contributed by atoms with Gasteiger partial charge in [0.2, 0.25) is 0 Å². The summed E-state index contributed by atoms with van der Waals surface area (Å²) in [5.74, 6) is -0.636. The van der Waals surface area contributed by atoms with E-state index in [2.05, 4.69) is 26.6 Å². The lowest BCUT2D eigenvalue weighted by Gasteiger charge is -2.28. The summed E-state index contributed by atoms with van der Waals surface area (Å²) in [4.78, 5) is 40.3. The summed E-state index contributed by atoms with van der Waals surface area (Å²) in [6, 6.07) is 24.7. The molecule has 204 valence electrons. The van der Waals surface area contributed by atoms with Crippen LogP contribution in [0.4, 0.5) is 10.5 Å². The highest BCUT2D eigenvalue weighted by atomic mass is 79.9. The van der Waals surface area contributed by atoms with E-state index in [0.717, 1.165) is 32.2 Å². The molecule has 0 aromatic heterocycles. The van der Waals surface area contributed by atoms with Crippen LogP contribution in [0.15, 0.2) is 83.3 Å². The zero-order valence-corrected chi connectivity index (χ0v) is 24.2. The summed E-state index contributed by atoms with van der Waals surface area (Å²) in [6.07, 6.45) is -0.486. The minimum absolute atomic E-state index is 0.148. The molecule has 4 aromatic carbocycles. The van der Waals surface area contributed by atoms with Crippen LogP contribution in [-0.2, 0) is 24.4 Å². The average molecular weight is 601 g/mol. The zero-order chi connectivity index (χ0) is 28.4. The molecule has 8 heteroatoms. The largest absolute Gasteiger partial charge is 0.444 e. The first kappa shape index (κ1) is 27.4. The topological polar surface area (TPSA) is 87.7 Å². The predicted octanol–water partition coefficient (Wildman–Crippen LogP) is 7.04. The van der Waals surface area contributed by atoms with Crippen molar-refractivity contribution in [3.8, 4) is 0 Å². The van der Waals surface area contributed by atoms with Gasteiger partial charge in [0.15, 0.2) is 0 Å². The van der Waals surface area contributed by atoms with Gasteiger partial charge >= 0.3 is 6.09 Å². The quantitative estimate of drug-likeness (QED) is 0.222. The van der Waals surface area contributed by atoms with Gasteiger partial charge < -0.3 is 15.4 Å². The Labute approximate surface area is 241 Å². The van der Waals surface area contributed by atoms with Crippen molar-refractivity contribution in [1.29, 1.82) is 0 Å². The minimum atomic E-state index is -0.567. The third kappa shape index (κ3) is 5.87. The maximum absolute atomic E-state index is 13.5. The number of rotatable bonds is 7. The van der Waals surface area contributed by atoms with E-state index in [1.54, 1.807) is 12.1 Å². The Bertz CT molecular complexity index is 1590. The van der Waals surface area contributed by atoms with Gasteiger partial charge in [-0.05, 0) is 61.7 Å². The molecular weight excluding hydrogens is 570 g/mol. The number of hydrogen-bond donors (Lipinski definition) is 2. The number of imide groups is 1. The molecule has 0 saturated heterocycles. The molecule has 0 radical (unpaired) electrons. The zero-order valence-electron chi connectivity index (χ0n) is 22.6. The standard InChI is InChI=1S/C32H30BrN3O4/c1-32(2,3)40-31(39)35-17-20-11-13-21(14-12-20)19-36-29(37)24-9-6-8-23-27(16-15-25(28(23)24)30(36)38)34-18-22-7-4-5-10-26(22)33/h4-16,34H,17-19H2,1-3H3,(H,35,39). The Kier molecular flexibility index (Phi) is 7.63. The molecule has 0 saturated carbocycles. The van der Waals surface area contributed by atoms with Crippen LogP contribution in [0.1, 0.15) is 58.2 Å². The number of ether oxygens (including phenoxy) is 1. The van der Waals surface area contributed by atoms with Gasteiger partial charge in [-0.15, -0.1) is 0 Å². The molecule has 0 aliphatic carbocycles. The number of alkyl carbamates (subject to hydrolysis) is 1. The Morgan fingerprint density at radius 2 is 1.50 bits per heavy atom. The number of anilines is 1. The van der Waals surface area contributed by atoms with Crippen LogP contribution in [0.25, 0.3) is 10.8 Å².